The number of carbonyl (C=O) groups excluding carboxylic acids is 3. The third kappa shape index (κ3) is 14.6. The van der Waals surface area contributed by atoms with Gasteiger partial charge in [0.05, 0.1) is 30.4 Å². The molecule has 382 valence electrons. The van der Waals surface area contributed by atoms with Crippen LogP contribution in [0.5, 0.6) is 11.5 Å². The molecule has 2 aliphatic carbocycles. The number of fused-ring (bicyclic) bond motifs is 3. The van der Waals surface area contributed by atoms with Crippen LogP contribution in [0.1, 0.15) is 66.2 Å². The number of hydrogen-bond donors (Lipinski definition) is 5. The molecule has 0 unspecified atom stereocenters. The van der Waals surface area contributed by atoms with Crippen LogP contribution in [0.15, 0.2) is 132 Å². The monoisotopic (exact) mass is 1020 g/mol. The summed E-state index contributed by atoms with van der Waals surface area (Å²) in [5.41, 5.74) is 16.0. The molecule has 0 atom stereocenters. The smallest absolute Gasteiger partial charge is 0.286 e. The van der Waals surface area contributed by atoms with E-state index >= 15 is 0 Å². The summed E-state index contributed by atoms with van der Waals surface area (Å²) in [5.74, 6) is 2.05. The summed E-state index contributed by atoms with van der Waals surface area (Å²) in [6.45, 7) is 18.1. The molecule has 0 bridgehead atoms. The van der Waals surface area contributed by atoms with Crippen molar-refractivity contribution in [3.63, 3.8) is 0 Å². The lowest BCUT2D eigenvalue weighted by atomic mass is 10.1. The Hall–Kier alpha value is -8.96. The lowest BCUT2D eigenvalue weighted by molar-refractivity contribution is -0.123. The molecule has 3 aromatic heterocycles. The van der Waals surface area contributed by atoms with Gasteiger partial charge in [0.1, 0.15) is 35.1 Å². The molecule has 74 heavy (non-hydrogen) atoms. The number of benzene rings is 4. The van der Waals surface area contributed by atoms with Crippen LogP contribution in [0.4, 0.5) is 23.0 Å². The van der Waals surface area contributed by atoms with E-state index in [0.29, 0.717) is 34.2 Å². The predicted molar refractivity (Wildman–Crippen MR) is 288 cm³/mol. The third-order valence-corrected chi connectivity index (χ3v) is 16.4. The topological polar surface area (TPSA) is 246 Å². The van der Waals surface area contributed by atoms with E-state index in [4.69, 9.17) is 31.3 Å². The molecular formula is C54H60N12O7Si. The first-order chi connectivity index (χ1) is 35.6. The maximum Gasteiger partial charge on any atom is 0.286 e. The molecule has 0 spiro atoms. The molecule has 0 saturated carbocycles. The van der Waals surface area contributed by atoms with E-state index in [-0.39, 0.29) is 30.1 Å². The molecule has 0 aliphatic heterocycles. The Kier molecular flexibility index (Phi) is 18.7. The highest BCUT2D eigenvalue weighted by atomic mass is 28.4. The van der Waals surface area contributed by atoms with E-state index in [2.05, 4.69) is 86.0 Å². The fraction of sp³-hybridized carbons (Fsp3) is 0.259. The molecule has 9 rings (SSSR count). The number of nitrogen functional groups attached to an aromatic ring is 1. The Bertz CT molecular complexity index is 3150. The van der Waals surface area contributed by atoms with Crippen LogP contribution in [-0.4, -0.2) is 94.7 Å². The van der Waals surface area contributed by atoms with Gasteiger partial charge in [-0.15, -0.1) is 5.16 Å². The molecule has 7 aromatic rings. The van der Waals surface area contributed by atoms with Crippen molar-refractivity contribution >= 4 is 66.5 Å². The normalized spacial score (nSPS) is 13.3. The fourth-order valence-electron chi connectivity index (χ4n) is 7.05. The lowest BCUT2D eigenvalue weighted by Crippen LogP contribution is -2.39. The van der Waals surface area contributed by atoms with E-state index in [1.165, 1.54) is 11.8 Å². The second-order valence-electron chi connectivity index (χ2n) is 18.3. The molecule has 0 saturated heterocycles. The van der Waals surface area contributed by atoms with Crippen molar-refractivity contribution in [2.24, 2.45) is 10.3 Å². The van der Waals surface area contributed by atoms with E-state index in [1.54, 1.807) is 63.1 Å². The quantitative estimate of drug-likeness (QED) is 0.0252. The van der Waals surface area contributed by atoms with E-state index in [1.807, 2.05) is 65.2 Å². The Morgan fingerprint density at radius 1 is 0.824 bits per heavy atom. The number of aryl methyl sites for hydroxylation is 2. The number of ether oxygens (including phenoxy) is 2. The van der Waals surface area contributed by atoms with Gasteiger partial charge in [-0.3, -0.25) is 28.8 Å². The van der Waals surface area contributed by atoms with Gasteiger partial charge < -0.3 is 40.9 Å². The van der Waals surface area contributed by atoms with Gasteiger partial charge in [-0.1, -0.05) is 50.2 Å². The van der Waals surface area contributed by atoms with Gasteiger partial charge in [-0.25, -0.2) is 14.8 Å². The highest BCUT2D eigenvalue weighted by Crippen LogP contribution is 2.38. The van der Waals surface area contributed by atoms with Crippen LogP contribution >= 0.6 is 0 Å². The minimum atomic E-state index is -1.85. The molecule has 6 N–H and O–H groups in total. The van der Waals surface area contributed by atoms with Crippen LogP contribution in [0.3, 0.4) is 0 Å². The minimum absolute atomic E-state index is 0.0169. The summed E-state index contributed by atoms with van der Waals surface area (Å²) in [6, 6.07) is 25.9. The highest BCUT2D eigenvalue weighted by Gasteiger charge is 2.40. The zero-order valence-electron chi connectivity index (χ0n) is 42.4. The number of rotatable bonds is 12. The van der Waals surface area contributed by atoms with Crippen molar-refractivity contribution < 1.29 is 33.6 Å². The highest BCUT2D eigenvalue weighted by molar-refractivity contribution is 6.74. The number of amides is 2. The third-order valence-electron chi connectivity index (χ3n) is 12.2. The number of anilines is 3. The maximum absolute atomic E-state index is 11.4. The molecule has 20 heteroatoms. The number of carbonyl (C=O) groups is 3. The van der Waals surface area contributed by atoms with E-state index in [9.17, 15) is 19.6 Å². The van der Waals surface area contributed by atoms with Crippen molar-refractivity contribution in [3.8, 4) is 22.8 Å². The zero-order chi connectivity index (χ0) is 53.3. The number of imidazole rings is 1. The van der Waals surface area contributed by atoms with Crippen molar-refractivity contribution in [3.05, 3.63) is 161 Å². The van der Waals surface area contributed by atoms with Gasteiger partial charge in [-0.05, 0) is 121 Å². The number of aldehydes is 1. The number of oxime groups is 2. The maximum atomic E-state index is 11.4. The Labute approximate surface area is 430 Å². The van der Waals surface area contributed by atoms with Gasteiger partial charge in [0, 0.05) is 61.3 Å². The Morgan fingerprint density at radius 2 is 1.43 bits per heavy atom. The summed E-state index contributed by atoms with van der Waals surface area (Å²) < 4.78 is 18.5. The molecule has 19 nitrogen and oxygen atoms in total. The van der Waals surface area contributed by atoms with Crippen LogP contribution in [0, 0.1) is 6.57 Å². The van der Waals surface area contributed by atoms with Crippen LogP contribution in [0.2, 0.25) is 18.1 Å². The summed E-state index contributed by atoms with van der Waals surface area (Å²) in [4.78, 5) is 52.4. The SMILES string of the molecule is CNC(=O)COc1ccc(-c2nc3cnccn3c2Nc2ccc3c(c2)CCC3=NO)cc1.CNC(=O)COc1ccc(C=O)cc1.Nc1cnccn1.[C-]#[N+]c1ccc2c(c1)CCC2=NO[Si](C)(C)C(C)(C)C. The van der Waals surface area contributed by atoms with E-state index < -0.39 is 8.32 Å². The van der Waals surface area contributed by atoms with Crippen molar-refractivity contribution in [2.45, 2.75) is 64.6 Å². The second kappa shape index (κ2) is 25.4. The summed E-state index contributed by atoms with van der Waals surface area (Å²) in [5, 5.41) is 25.7. The second-order valence-corrected chi connectivity index (χ2v) is 23.0. The van der Waals surface area contributed by atoms with Gasteiger partial charge in [0.25, 0.3) is 20.1 Å². The van der Waals surface area contributed by atoms with Crippen molar-refractivity contribution in [2.75, 3.05) is 38.4 Å². The number of likely N-dealkylation sites (N-methyl/N-ethyl adjacent to an activating group) is 2. The van der Waals surface area contributed by atoms with E-state index in [0.717, 1.165) is 82.8 Å². The van der Waals surface area contributed by atoms with Crippen molar-refractivity contribution in [1.82, 2.24) is 35.0 Å². The Balaban J connectivity index is 0.000000184. The van der Waals surface area contributed by atoms with Crippen LogP contribution < -0.4 is 31.2 Å². The summed E-state index contributed by atoms with van der Waals surface area (Å²) in [7, 11) is 1.27. The average molecular weight is 1020 g/mol. The standard InChI is InChI=1S/C24H22N6O3.C16H22N2OSi.C10H11NO3.C4H5N3/c1-25-22(31)14-33-18-6-2-15(3-7-18)23-24(30-11-10-26-13-21(30)28-23)27-17-5-8-19-16(12-17)4-9-20(19)29-32;1-16(2,3)20(5,6)19-18-15-10-7-12-11-13(17-4)8-9-14(12)15;1-11-10(13)7-14-9-4-2-8(6-12)3-5-9;5-4-3-6-1-2-7-4/h2-3,5-8,10-13,27,32H,4,9,14H2,1H3,(H,25,31);8-9,11H,7,10H2,1-3,5-6H3;2-6H,7H2,1H3,(H,11,13);1-3H,(H2,5,7). The molecule has 4 aromatic carbocycles. The van der Waals surface area contributed by atoms with Crippen LogP contribution in [-0.2, 0) is 27.0 Å². The Morgan fingerprint density at radius 3 is 2.00 bits per heavy atom. The molecular weight excluding hydrogens is 957 g/mol. The summed E-state index contributed by atoms with van der Waals surface area (Å²) >= 11 is 0. The first kappa shape index (κ1) is 54.4. The number of hydrogen-bond acceptors (Lipinski definition) is 15. The largest absolute Gasteiger partial charge is 0.484 e. The van der Waals surface area contributed by atoms with Crippen LogP contribution in [0.25, 0.3) is 21.7 Å². The number of nitrogens with one attached hydrogen (secondary N) is 3. The summed E-state index contributed by atoms with van der Waals surface area (Å²) in [6.07, 6.45) is 14.1. The molecule has 0 radical (unpaired) electrons. The van der Waals surface area contributed by atoms with Crippen molar-refractivity contribution in [1.29, 1.82) is 0 Å². The first-order valence-electron chi connectivity index (χ1n) is 23.6. The zero-order valence-corrected chi connectivity index (χ0v) is 43.4. The number of nitrogens with two attached hydrogens (primary N) is 1. The average Bonchev–Trinajstić information content (AvgIpc) is 4.14. The van der Waals surface area contributed by atoms with Gasteiger partial charge in [-0.2, -0.15) is 0 Å². The fourth-order valence-corrected chi connectivity index (χ4v) is 7.66. The number of nitrogens with zero attached hydrogens (tertiary/aromatic N) is 8. The minimum Gasteiger partial charge on any atom is -0.484 e. The molecule has 0 fully saturated rings. The molecule has 2 amide bonds. The first-order valence-corrected chi connectivity index (χ1v) is 26.5. The van der Waals surface area contributed by atoms with Gasteiger partial charge >= 0.3 is 0 Å². The predicted octanol–water partition coefficient (Wildman–Crippen LogP) is 8.98. The molecule has 3 heterocycles. The van der Waals surface area contributed by atoms with Gasteiger partial charge in [0.15, 0.2) is 24.5 Å². The number of aromatic nitrogens is 5. The van der Waals surface area contributed by atoms with Gasteiger partial charge in [0.2, 0.25) is 0 Å². The molecule has 2 aliphatic rings. The lowest BCUT2D eigenvalue weighted by Gasteiger charge is -2.33.